The molecule has 7 heteroatoms. The first-order valence-electron chi connectivity index (χ1n) is 11.0. The minimum absolute atomic E-state index is 0.124. The lowest BCUT2D eigenvalue weighted by atomic mass is 10.1. The van der Waals surface area contributed by atoms with Crippen LogP contribution in [0.1, 0.15) is 23.1 Å². The molecule has 0 bridgehead atoms. The van der Waals surface area contributed by atoms with E-state index in [4.69, 9.17) is 0 Å². The molecule has 0 unspecified atom stereocenters. The molecule has 33 heavy (non-hydrogen) atoms. The van der Waals surface area contributed by atoms with Crippen LogP contribution >= 0.6 is 0 Å². The van der Waals surface area contributed by atoms with Crippen molar-refractivity contribution >= 4 is 21.9 Å². The van der Waals surface area contributed by atoms with E-state index in [1.165, 1.54) is 4.90 Å². The number of rotatable bonds is 7. The molecular formula is C26H27N3O3S. The van der Waals surface area contributed by atoms with E-state index in [1.807, 2.05) is 67.6 Å². The maximum Gasteiger partial charge on any atom is 0.325 e. The Hall–Kier alpha value is -3.45. The van der Waals surface area contributed by atoms with Crippen molar-refractivity contribution in [2.45, 2.75) is 31.2 Å². The predicted octanol–water partition coefficient (Wildman–Crippen LogP) is 4.65. The largest absolute Gasteiger partial charge is 0.325 e. The van der Waals surface area contributed by atoms with Gasteiger partial charge in [-0.2, -0.15) is 8.42 Å². The molecular weight excluding hydrogens is 434 g/mol. The van der Waals surface area contributed by atoms with Gasteiger partial charge in [0.25, 0.3) is 10.0 Å². The normalized spacial score (nSPS) is 15.8. The highest BCUT2D eigenvalue weighted by atomic mass is 32.2. The molecule has 0 N–H and O–H groups in total. The Morgan fingerprint density at radius 1 is 0.848 bits per heavy atom. The SMILES string of the molecule is Cc1ccc(S(=O)(=O)N=C2CCN(CCc3ccccc3)C(=O)N2Cc2ccccc2)cc1. The van der Waals surface area contributed by atoms with Crippen LogP contribution in [-0.2, 0) is 23.0 Å². The van der Waals surface area contributed by atoms with Crippen LogP contribution in [0.5, 0.6) is 0 Å². The molecule has 1 heterocycles. The fourth-order valence-corrected chi connectivity index (χ4v) is 4.84. The van der Waals surface area contributed by atoms with Gasteiger partial charge in [-0.15, -0.1) is 4.40 Å². The van der Waals surface area contributed by atoms with E-state index in [-0.39, 0.29) is 23.3 Å². The lowest BCUT2D eigenvalue weighted by Crippen LogP contribution is -2.52. The van der Waals surface area contributed by atoms with Gasteiger partial charge in [0.15, 0.2) is 0 Å². The Labute approximate surface area is 195 Å². The first-order chi connectivity index (χ1) is 15.9. The van der Waals surface area contributed by atoms with Gasteiger partial charge < -0.3 is 4.90 Å². The second-order valence-electron chi connectivity index (χ2n) is 8.12. The highest BCUT2D eigenvalue weighted by Crippen LogP contribution is 2.20. The molecule has 1 saturated heterocycles. The molecule has 3 aromatic rings. The van der Waals surface area contributed by atoms with Crippen LogP contribution in [0.4, 0.5) is 4.79 Å². The van der Waals surface area contributed by atoms with Gasteiger partial charge in [0.05, 0.1) is 11.4 Å². The number of amidine groups is 1. The molecule has 2 amide bonds. The molecule has 1 aliphatic heterocycles. The van der Waals surface area contributed by atoms with Crippen molar-refractivity contribution in [2.75, 3.05) is 13.1 Å². The number of sulfonamides is 1. The fraction of sp³-hybridized carbons (Fsp3) is 0.231. The molecule has 0 saturated carbocycles. The van der Waals surface area contributed by atoms with Crippen LogP contribution in [0.2, 0.25) is 0 Å². The summed E-state index contributed by atoms with van der Waals surface area (Å²) in [5.74, 6) is 0.278. The molecule has 1 fully saturated rings. The topological polar surface area (TPSA) is 70.0 Å². The number of hydrogen-bond acceptors (Lipinski definition) is 3. The molecule has 0 spiro atoms. The van der Waals surface area contributed by atoms with Crippen molar-refractivity contribution in [1.82, 2.24) is 9.80 Å². The third-order valence-electron chi connectivity index (χ3n) is 5.66. The smallest absolute Gasteiger partial charge is 0.324 e. The number of amides is 2. The number of hydrogen-bond donors (Lipinski definition) is 0. The first-order valence-corrected chi connectivity index (χ1v) is 12.4. The molecule has 170 valence electrons. The van der Waals surface area contributed by atoms with E-state index in [0.717, 1.165) is 23.1 Å². The van der Waals surface area contributed by atoms with Crippen molar-refractivity contribution in [3.63, 3.8) is 0 Å². The molecule has 4 rings (SSSR count). The second-order valence-corrected chi connectivity index (χ2v) is 9.73. The number of urea groups is 1. The van der Waals surface area contributed by atoms with Crippen molar-refractivity contribution in [2.24, 2.45) is 4.40 Å². The minimum Gasteiger partial charge on any atom is -0.324 e. The Morgan fingerprint density at radius 2 is 1.45 bits per heavy atom. The van der Waals surface area contributed by atoms with Crippen LogP contribution in [0, 0.1) is 6.92 Å². The third-order valence-corrected chi connectivity index (χ3v) is 6.98. The zero-order valence-electron chi connectivity index (χ0n) is 18.6. The highest BCUT2D eigenvalue weighted by molar-refractivity contribution is 7.90. The monoisotopic (exact) mass is 461 g/mol. The Bertz CT molecular complexity index is 1220. The van der Waals surface area contributed by atoms with E-state index in [9.17, 15) is 13.2 Å². The van der Waals surface area contributed by atoms with Gasteiger partial charge in [0.2, 0.25) is 0 Å². The Morgan fingerprint density at radius 3 is 2.09 bits per heavy atom. The summed E-state index contributed by atoms with van der Waals surface area (Å²) >= 11 is 0. The van der Waals surface area contributed by atoms with Crippen molar-refractivity contribution in [1.29, 1.82) is 0 Å². The fourth-order valence-electron chi connectivity index (χ4n) is 3.78. The minimum atomic E-state index is -3.92. The maximum absolute atomic E-state index is 13.4. The lowest BCUT2D eigenvalue weighted by Gasteiger charge is -2.36. The Kier molecular flexibility index (Phi) is 6.89. The number of carbonyl (C=O) groups excluding carboxylic acids is 1. The van der Waals surface area contributed by atoms with Crippen LogP contribution in [0.15, 0.2) is 94.2 Å². The molecule has 0 radical (unpaired) electrons. The molecule has 1 aliphatic rings. The summed E-state index contributed by atoms with van der Waals surface area (Å²) in [6.07, 6.45) is 1.11. The average Bonchev–Trinajstić information content (AvgIpc) is 2.82. The van der Waals surface area contributed by atoms with E-state index in [1.54, 1.807) is 29.2 Å². The summed E-state index contributed by atoms with van der Waals surface area (Å²) in [5.41, 5.74) is 3.03. The Balaban J connectivity index is 1.60. The van der Waals surface area contributed by atoms with E-state index < -0.39 is 10.0 Å². The van der Waals surface area contributed by atoms with Crippen LogP contribution < -0.4 is 0 Å². The van der Waals surface area contributed by atoms with Gasteiger partial charge in [0.1, 0.15) is 5.84 Å². The lowest BCUT2D eigenvalue weighted by molar-refractivity contribution is 0.165. The third kappa shape index (κ3) is 5.68. The van der Waals surface area contributed by atoms with Crippen LogP contribution in [0.3, 0.4) is 0 Å². The van der Waals surface area contributed by atoms with Crippen molar-refractivity contribution in [3.8, 4) is 0 Å². The van der Waals surface area contributed by atoms with Crippen LogP contribution in [-0.4, -0.2) is 43.2 Å². The summed E-state index contributed by atoms with van der Waals surface area (Å²) in [6, 6.07) is 25.9. The average molecular weight is 462 g/mol. The van der Waals surface area contributed by atoms with Crippen molar-refractivity contribution < 1.29 is 13.2 Å². The zero-order valence-corrected chi connectivity index (χ0v) is 19.4. The van der Waals surface area contributed by atoms with E-state index in [2.05, 4.69) is 4.40 Å². The van der Waals surface area contributed by atoms with Crippen LogP contribution in [0.25, 0.3) is 0 Å². The molecule has 0 atom stereocenters. The summed E-state index contributed by atoms with van der Waals surface area (Å²) in [5, 5.41) is 0. The molecule has 3 aromatic carbocycles. The van der Waals surface area contributed by atoms with Gasteiger partial charge >= 0.3 is 6.03 Å². The number of benzene rings is 3. The van der Waals surface area contributed by atoms with Crippen molar-refractivity contribution in [3.05, 3.63) is 102 Å². The predicted molar refractivity (Wildman–Crippen MR) is 130 cm³/mol. The maximum atomic E-state index is 13.4. The van der Waals surface area contributed by atoms with Gasteiger partial charge in [0, 0.05) is 19.5 Å². The van der Waals surface area contributed by atoms with Gasteiger partial charge in [-0.05, 0) is 36.6 Å². The quantitative estimate of drug-likeness (QED) is 0.514. The summed E-state index contributed by atoms with van der Waals surface area (Å²) in [6.45, 7) is 3.16. The number of carbonyl (C=O) groups is 1. The summed E-state index contributed by atoms with van der Waals surface area (Å²) < 4.78 is 30.1. The number of nitrogens with zero attached hydrogens (tertiary/aromatic N) is 3. The standard InChI is InChI=1S/C26H27N3O3S/c1-21-12-14-24(15-13-21)33(31,32)27-25-17-19-28(18-16-22-8-4-2-5-9-22)26(30)29(25)20-23-10-6-3-7-11-23/h2-15H,16-20H2,1H3. The van der Waals surface area contributed by atoms with Gasteiger partial charge in [-0.25, -0.2) is 4.79 Å². The zero-order chi connectivity index (χ0) is 23.3. The molecule has 0 aliphatic carbocycles. The van der Waals surface area contributed by atoms with E-state index in [0.29, 0.717) is 19.5 Å². The second kappa shape index (κ2) is 10.0. The van der Waals surface area contributed by atoms with E-state index >= 15 is 0 Å². The van der Waals surface area contributed by atoms with Gasteiger partial charge in [-0.1, -0.05) is 78.4 Å². The summed E-state index contributed by atoms with van der Waals surface area (Å²) in [7, 11) is -3.92. The first kappa shape index (κ1) is 22.7. The molecule has 0 aromatic heterocycles. The number of aryl methyl sites for hydroxylation is 1. The highest BCUT2D eigenvalue weighted by Gasteiger charge is 2.32. The molecule has 6 nitrogen and oxygen atoms in total. The van der Waals surface area contributed by atoms with Gasteiger partial charge in [-0.3, -0.25) is 4.90 Å². The summed E-state index contributed by atoms with van der Waals surface area (Å²) in [4.78, 5) is 16.8.